The van der Waals surface area contributed by atoms with Gasteiger partial charge in [-0.25, -0.2) is 0 Å². The first-order valence-corrected chi connectivity index (χ1v) is 10.5. The first-order chi connectivity index (χ1) is 9.09. The van der Waals surface area contributed by atoms with Crippen LogP contribution in [-0.4, -0.2) is 38.8 Å². The molecule has 0 bridgehead atoms. The fourth-order valence-corrected chi connectivity index (χ4v) is 2.74. The number of carbonyl (C=O) groups excluding carboxylic acids is 1. The van der Waals surface area contributed by atoms with Crippen molar-refractivity contribution in [3.8, 4) is 0 Å². The van der Waals surface area contributed by atoms with Gasteiger partial charge >= 0.3 is 0 Å². The molecule has 0 aromatic carbocycles. The molecule has 0 aliphatic heterocycles. The average molecular weight is 300 g/mol. The molecule has 0 aromatic heterocycles. The minimum absolute atomic E-state index is 0.109. The molecule has 0 heterocycles. The number of hydrogen-bond acceptors (Lipinski definition) is 2. The molecule has 0 radical (unpaired) electrons. The zero-order valence-electron chi connectivity index (χ0n) is 14.5. The lowest BCUT2D eigenvalue weighted by molar-refractivity contribution is -0.131. The lowest BCUT2D eigenvalue weighted by Gasteiger charge is -2.37. The van der Waals surface area contributed by atoms with Crippen LogP contribution in [0, 0.1) is 5.92 Å². The predicted molar refractivity (Wildman–Crippen MR) is 89.4 cm³/mol. The maximum Gasteiger partial charge on any atom is 0.223 e. The molecule has 0 N–H and O–H groups in total. The quantitative estimate of drug-likeness (QED) is 0.499. The van der Waals surface area contributed by atoms with Gasteiger partial charge in [-0.3, -0.25) is 4.79 Å². The highest BCUT2D eigenvalue weighted by atomic mass is 28.4. The summed E-state index contributed by atoms with van der Waals surface area (Å²) in [6.07, 6.45) is 2.36. The molecule has 20 heavy (non-hydrogen) atoms. The number of hydrogen-bond donors (Lipinski definition) is 0. The van der Waals surface area contributed by atoms with Crippen molar-refractivity contribution in [1.29, 1.82) is 0 Å². The maximum absolute atomic E-state index is 12.1. The zero-order chi connectivity index (χ0) is 16.0. The number of rotatable bonds is 8. The van der Waals surface area contributed by atoms with Gasteiger partial charge < -0.3 is 9.33 Å². The van der Waals surface area contributed by atoms with E-state index >= 15 is 0 Å². The minimum atomic E-state index is -1.75. The molecular formula is C16H33NO2Si. The molecule has 0 saturated carbocycles. The Morgan fingerprint density at radius 2 is 1.80 bits per heavy atom. The smallest absolute Gasteiger partial charge is 0.223 e. The van der Waals surface area contributed by atoms with Crippen molar-refractivity contribution >= 4 is 14.2 Å². The van der Waals surface area contributed by atoms with Crippen LogP contribution >= 0.6 is 0 Å². The van der Waals surface area contributed by atoms with E-state index in [0.717, 1.165) is 13.1 Å². The molecular weight excluding hydrogens is 266 g/mol. The molecule has 0 aliphatic carbocycles. The van der Waals surface area contributed by atoms with Crippen molar-refractivity contribution in [3.63, 3.8) is 0 Å². The molecule has 0 saturated heterocycles. The SMILES string of the molecule is C=C[C@@H](CO[Si](C)(C)C(C)(C)C)CC(=O)N(CC)CC. The van der Waals surface area contributed by atoms with Crippen LogP contribution in [0.5, 0.6) is 0 Å². The molecule has 0 rings (SSSR count). The fourth-order valence-electron chi connectivity index (χ4n) is 1.67. The molecule has 0 spiro atoms. The third-order valence-corrected chi connectivity index (χ3v) is 8.85. The molecule has 1 atom stereocenters. The highest BCUT2D eigenvalue weighted by Crippen LogP contribution is 2.36. The zero-order valence-corrected chi connectivity index (χ0v) is 15.5. The Labute approximate surface area is 126 Å². The van der Waals surface area contributed by atoms with Crippen LogP contribution in [0.3, 0.4) is 0 Å². The summed E-state index contributed by atoms with van der Waals surface area (Å²) in [6, 6.07) is 0. The molecule has 0 fully saturated rings. The van der Waals surface area contributed by atoms with Crippen molar-refractivity contribution in [1.82, 2.24) is 4.90 Å². The summed E-state index contributed by atoms with van der Waals surface area (Å²) in [7, 11) is -1.75. The molecule has 118 valence electrons. The van der Waals surface area contributed by atoms with Gasteiger partial charge in [0.1, 0.15) is 0 Å². The van der Waals surface area contributed by atoms with E-state index in [1.165, 1.54) is 0 Å². The second-order valence-electron chi connectivity index (χ2n) is 6.84. The Bertz CT molecular complexity index is 317. The normalized spacial score (nSPS) is 13.9. The Morgan fingerprint density at radius 1 is 1.30 bits per heavy atom. The van der Waals surface area contributed by atoms with E-state index in [9.17, 15) is 4.79 Å². The third-order valence-electron chi connectivity index (χ3n) is 4.35. The van der Waals surface area contributed by atoms with E-state index in [4.69, 9.17) is 4.43 Å². The highest BCUT2D eigenvalue weighted by Gasteiger charge is 2.37. The Kier molecular flexibility index (Phi) is 7.74. The number of carbonyl (C=O) groups is 1. The van der Waals surface area contributed by atoms with Crippen LogP contribution in [0.15, 0.2) is 12.7 Å². The largest absolute Gasteiger partial charge is 0.416 e. The van der Waals surface area contributed by atoms with Crippen molar-refractivity contribution in [2.75, 3.05) is 19.7 Å². The van der Waals surface area contributed by atoms with E-state index in [0.29, 0.717) is 13.0 Å². The fraction of sp³-hybridized carbons (Fsp3) is 0.812. The van der Waals surface area contributed by atoms with Gasteiger partial charge in [0, 0.05) is 32.0 Å². The van der Waals surface area contributed by atoms with Crippen LogP contribution < -0.4 is 0 Å². The van der Waals surface area contributed by atoms with Gasteiger partial charge in [0.05, 0.1) is 0 Å². The van der Waals surface area contributed by atoms with Crippen molar-refractivity contribution in [2.24, 2.45) is 5.92 Å². The van der Waals surface area contributed by atoms with Crippen LogP contribution in [0.2, 0.25) is 18.1 Å². The van der Waals surface area contributed by atoms with Crippen LogP contribution in [0.25, 0.3) is 0 Å². The van der Waals surface area contributed by atoms with Crippen molar-refractivity contribution in [2.45, 2.75) is 59.2 Å². The molecule has 1 amide bonds. The van der Waals surface area contributed by atoms with Gasteiger partial charge in [-0.05, 0) is 32.0 Å². The summed E-state index contributed by atoms with van der Waals surface area (Å²) in [5.74, 6) is 0.302. The van der Waals surface area contributed by atoms with E-state index in [1.807, 2.05) is 24.8 Å². The molecule has 4 heteroatoms. The maximum atomic E-state index is 12.1. The van der Waals surface area contributed by atoms with Crippen LogP contribution in [0.4, 0.5) is 0 Å². The van der Waals surface area contributed by atoms with E-state index < -0.39 is 8.32 Å². The van der Waals surface area contributed by atoms with Gasteiger partial charge in [0.2, 0.25) is 5.91 Å². The molecule has 0 aliphatic rings. The van der Waals surface area contributed by atoms with E-state index in [2.05, 4.69) is 40.4 Å². The Morgan fingerprint density at radius 3 is 2.15 bits per heavy atom. The highest BCUT2D eigenvalue weighted by molar-refractivity contribution is 6.74. The van der Waals surface area contributed by atoms with Gasteiger partial charge in [0.15, 0.2) is 8.32 Å². The van der Waals surface area contributed by atoms with Crippen LogP contribution in [0.1, 0.15) is 41.0 Å². The van der Waals surface area contributed by atoms with Gasteiger partial charge in [0.25, 0.3) is 0 Å². The monoisotopic (exact) mass is 299 g/mol. The summed E-state index contributed by atoms with van der Waals surface area (Å²) in [5.41, 5.74) is 0. The Hall–Kier alpha value is -0.613. The number of nitrogens with zero attached hydrogens (tertiary/aromatic N) is 1. The summed E-state index contributed by atoms with van der Waals surface area (Å²) in [5, 5.41) is 0.196. The second-order valence-corrected chi connectivity index (χ2v) is 11.6. The van der Waals surface area contributed by atoms with Gasteiger partial charge in [-0.15, -0.1) is 6.58 Å². The summed E-state index contributed by atoms with van der Waals surface area (Å²) >= 11 is 0. The van der Waals surface area contributed by atoms with Crippen LogP contribution in [-0.2, 0) is 9.22 Å². The van der Waals surface area contributed by atoms with Gasteiger partial charge in [-0.1, -0.05) is 26.8 Å². The second kappa shape index (κ2) is 7.98. The lowest BCUT2D eigenvalue weighted by atomic mass is 10.1. The van der Waals surface area contributed by atoms with Crippen molar-refractivity contribution < 1.29 is 9.22 Å². The molecule has 0 aromatic rings. The predicted octanol–water partition coefficient (Wildman–Crippen LogP) is 4.07. The molecule has 0 unspecified atom stereocenters. The topological polar surface area (TPSA) is 29.5 Å². The van der Waals surface area contributed by atoms with Gasteiger partial charge in [-0.2, -0.15) is 0 Å². The van der Waals surface area contributed by atoms with E-state index in [1.54, 1.807) is 0 Å². The first kappa shape index (κ1) is 19.4. The average Bonchev–Trinajstić information content (AvgIpc) is 2.34. The summed E-state index contributed by atoms with van der Waals surface area (Å²) < 4.78 is 6.19. The summed E-state index contributed by atoms with van der Waals surface area (Å²) in [4.78, 5) is 14.0. The van der Waals surface area contributed by atoms with Crippen molar-refractivity contribution in [3.05, 3.63) is 12.7 Å². The molecule has 3 nitrogen and oxygen atoms in total. The van der Waals surface area contributed by atoms with E-state index in [-0.39, 0.29) is 16.9 Å². The minimum Gasteiger partial charge on any atom is -0.416 e. The lowest BCUT2D eigenvalue weighted by Crippen LogP contribution is -2.42. The summed E-state index contributed by atoms with van der Waals surface area (Å²) in [6.45, 7) is 21.2. The number of amides is 1. The standard InChI is InChI=1S/C16H33NO2Si/c1-9-14(12-15(18)17(10-2)11-3)13-19-20(7,8)16(4,5)6/h9,14H,1,10-13H2,2-8H3/t14-/m1/s1. The third kappa shape index (κ3) is 5.79. The first-order valence-electron chi connectivity index (χ1n) is 7.63. The Balaban J connectivity index is 4.51.